The van der Waals surface area contributed by atoms with Gasteiger partial charge in [-0.05, 0) is 36.0 Å². The molecule has 116 valence electrons. The molecule has 0 saturated carbocycles. The van der Waals surface area contributed by atoms with Crippen molar-refractivity contribution in [3.05, 3.63) is 72.3 Å². The predicted molar refractivity (Wildman–Crippen MR) is 93.0 cm³/mol. The summed E-state index contributed by atoms with van der Waals surface area (Å²) >= 11 is 0. The Balaban J connectivity index is 1.47. The lowest BCUT2D eigenvalue weighted by atomic mass is 10.0. The summed E-state index contributed by atoms with van der Waals surface area (Å²) in [6.07, 6.45) is 8.25. The first-order valence-corrected chi connectivity index (χ1v) is 8.43. The van der Waals surface area contributed by atoms with Gasteiger partial charge >= 0.3 is 0 Å². The van der Waals surface area contributed by atoms with E-state index in [1.165, 1.54) is 11.1 Å². The lowest BCUT2D eigenvalue weighted by molar-refractivity contribution is -0.132. The normalized spacial score (nSPS) is 22.3. The van der Waals surface area contributed by atoms with Gasteiger partial charge in [0.15, 0.2) is 0 Å². The molecule has 2 aromatic rings. The molecule has 2 unspecified atom stereocenters. The number of hydrogen-bond donors (Lipinski definition) is 0. The first-order valence-electron chi connectivity index (χ1n) is 8.43. The summed E-state index contributed by atoms with van der Waals surface area (Å²) in [5.41, 5.74) is 3.51. The van der Waals surface area contributed by atoms with Gasteiger partial charge in [-0.15, -0.1) is 0 Å². The van der Waals surface area contributed by atoms with E-state index in [1.807, 2.05) is 18.2 Å². The van der Waals surface area contributed by atoms with Gasteiger partial charge in [0.2, 0.25) is 5.91 Å². The second-order valence-electron chi connectivity index (χ2n) is 6.50. The highest BCUT2D eigenvalue weighted by Gasteiger charge is 2.36. The topological polar surface area (TPSA) is 20.3 Å². The van der Waals surface area contributed by atoms with Gasteiger partial charge in [0.1, 0.15) is 0 Å². The minimum Gasteiger partial charge on any atom is -0.333 e. The Kier molecular flexibility index (Phi) is 3.74. The van der Waals surface area contributed by atoms with Gasteiger partial charge in [-0.25, -0.2) is 0 Å². The van der Waals surface area contributed by atoms with Crippen molar-refractivity contribution in [2.45, 2.75) is 37.8 Å². The zero-order valence-corrected chi connectivity index (χ0v) is 13.2. The van der Waals surface area contributed by atoms with Crippen molar-refractivity contribution in [2.24, 2.45) is 0 Å². The van der Waals surface area contributed by atoms with E-state index >= 15 is 0 Å². The molecule has 2 aliphatic rings. The van der Waals surface area contributed by atoms with Crippen LogP contribution in [0.1, 0.15) is 24.8 Å². The largest absolute Gasteiger partial charge is 0.333 e. The number of fused-ring (bicyclic) bond motifs is 2. The molecule has 2 aromatic carbocycles. The quantitative estimate of drug-likeness (QED) is 0.778. The highest BCUT2D eigenvalue weighted by atomic mass is 16.2. The summed E-state index contributed by atoms with van der Waals surface area (Å²) in [5.74, 6) is 0.273. The highest BCUT2D eigenvalue weighted by Crippen LogP contribution is 2.32. The van der Waals surface area contributed by atoms with E-state index in [1.54, 1.807) is 0 Å². The second-order valence-corrected chi connectivity index (χ2v) is 6.50. The molecular formula is C21H21NO. The van der Waals surface area contributed by atoms with E-state index < -0.39 is 0 Å². The molecule has 2 nitrogen and oxygen atoms in total. The van der Waals surface area contributed by atoms with Crippen LogP contribution in [0.15, 0.2) is 66.7 Å². The van der Waals surface area contributed by atoms with Crippen LogP contribution in [0, 0.1) is 0 Å². The van der Waals surface area contributed by atoms with Crippen molar-refractivity contribution in [3.63, 3.8) is 0 Å². The van der Waals surface area contributed by atoms with E-state index in [2.05, 4.69) is 53.5 Å². The molecule has 1 amide bonds. The van der Waals surface area contributed by atoms with Gasteiger partial charge in [-0.2, -0.15) is 0 Å². The number of carbonyl (C=O) groups excluding carboxylic acids is 1. The summed E-state index contributed by atoms with van der Waals surface area (Å²) < 4.78 is 0. The molecule has 23 heavy (non-hydrogen) atoms. The van der Waals surface area contributed by atoms with Crippen molar-refractivity contribution >= 4 is 5.91 Å². The van der Waals surface area contributed by atoms with Crippen LogP contribution in [0.2, 0.25) is 0 Å². The molecular weight excluding hydrogens is 282 g/mol. The number of amides is 1. The van der Waals surface area contributed by atoms with Crippen LogP contribution in [0.5, 0.6) is 0 Å². The maximum Gasteiger partial charge on any atom is 0.227 e. The fraction of sp³-hybridized carbons (Fsp3) is 0.286. The van der Waals surface area contributed by atoms with Gasteiger partial charge in [0.25, 0.3) is 0 Å². The average Bonchev–Trinajstić information content (AvgIpc) is 2.86. The summed E-state index contributed by atoms with van der Waals surface area (Å²) in [6, 6.07) is 19.5. The maximum atomic E-state index is 12.7. The molecule has 0 spiro atoms. The Bertz CT molecular complexity index is 717. The van der Waals surface area contributed by atoms with E-state index in [0.717, 1.165) is 24.8 Å². The Morgan fingerprint density at radius 3 is 2.43 bits per heavy atom. The van der Waals surface area contributed by atoms with Crippen LogP contribution >= 0.6 is 0 Å². The SMILES string of the molecule is O=C(Cc1ccc(-c2ccccc2)cc1)N1C2C=CCC1CC2. The lowest BCUT2D eigenvalue weighted by Gasteiger charge is -2.31. The van der Waals surface area contributed by atoms with Crippen molar-refractivity contribution in [3.8, 4) is 11.1 Å². The highest BCUT2D eigenvalue weighted by molar-refractivity contribution is 5.80. The zero-order valence-electron chi connectivity index (χ0n) is 13.2. The molecule has 4 rings (SSSR count). The lowest BCUT2D eigenvalue weighted by Crippen LogP contribution is -2.42. The molecule has 0 radical (unpaired) electrons. The van der Waals surface area contributed by atoms with Crippen LogP contribution in [-0.2, 0) is 11.2 Å². The molecule has 1 saturated heterocycles. The molecule has 0 aromatic heterocycles. The van der Waals surface area contributed by atoms with Crippen LogP contribution in [0.4, 0.5) is 0 Å². The summed E-state index contributed by atoms with van der Waals surface area (Å²) in [4.78, 5) is 14.8. The first kappa shape index (κ1) is 14.3. The monoisotopic (exact) mass is 303 g/mol. The van der Waals surface area contributed by atoms with Crippen molar-refractivity contribution in [2.75, 3.05) is 0 Å². The van der Waals surface area contributed by atoms with Crippen LogP contribution < -0.4 is 0 Å². The van der Waals surface area contributed by atoms with Gasteiger partial charge in [-0.3, -0.25) is 4.79 Å². The summed E-state index contributed by atoms with van der Waals surface area (Å²) in [7, 11) is 0. The first-order chi connectivity index (χ1) is 11.3. The second kappa shape index (κ2) is 6.04. The van der Waals surface area contributed by atoms with Crippen LogP contribution in [0.25, 0.3) is 11.1 Å². The fourth-order valence-corrected chi connectivity index (χ4v) is 3.83. The Hall–Kier alpha value is -2.35. The van der Waals surface area contributed by atoms with Crippen molar-refractivity contribution < 1.29 is 4.79 Å². The third-order valence-electron chi connectivity index (χ3n) is 5.02. The Morgan fingerprint density at radius 2 is 1.70 bits per heavy atom. The van der Waals surface area contributed by atoms with E-state index in [0.29, 0.717) is 18.5 Å². The number of carbonyl (C=O) groups is 1. The van der Waals surface area contributed by atoms with Gasteiger partial charge in [-0.1, -0.05) is 66.7 Å². The van der Waals surface area contributed by atoms with Crippen LogP contribution in [-0.4, -0.2) is 22.9 Å². The van der Waals surface area contributed by atoms with Crippen LogP contribution in [0.3, 0.4) is 0 Å². The number of nitrogens with zero attached hydrogens (tertiary/aromatic N) is 1. The summed E-state index contributed by atoms with van der Waals surface area (Å²) in [5, 5.41) is 0. The molecule has 0 aliphatic carbocycles. The van der Waals surface area contributed by atoms with Crippen molar-refractivity contribution in [1.82, 2.24) is 4.90 Å². The van der Waals surface area contributed by atoms with Crippen molar-refractivity contribution in [1.29, 1.82) is 0 Å². The summed E-state index contributed by atoms with van der Waals surface area (Å²) in [6.45, 7) is 0. The molecule has 2 atom stereocenters. The third kappa shape index (κ3) is 2.81. The number of rotatable bonds is 3. The minimum atomic E-state index is 0.273. The number of hydrogen-bond acceptors (Lipinski definition) is 1. The van der Waals surface area contributed by atoms with Gasteiger partial charge in [0.05, 0.1) is 12.5 Å². The average molecular weight is 303 g/mol. The maximum absolute atomic E-state index is 12.7. The van der Waals surface area contributed by atoms with E-state index in [4.69, 9.17) is 0 Å². The smallest absolute Gasteiger partial charge is 0.227 e. The van der Waals surface area contributed by atoms with Gasteiger partial charge < -0.3 is 4.90 Å². The molecule has 2 bridgehead atoms. The minimum absolute atomic E-state index is 0.273. The molecule has 1 fully saturated rings. The molecule has 2 heterocycles. The standard InChI is InChI=1S/C21H21NO/c23-21(22-19-7-4-8-20(22)14-13-19)15-16-9-11-18(12-10-16)17-5-2-1-3-6-17/h1-7,9-12,19-20H,8,13-15H2. The molecule has 2 aliphatic heterocycles. The Labute approximate surface area is 137 Å². The third-order valence-corrected chi connectivity index (χ3v) is 5.02. The van der Waals surface area contributed by atoms with E-state index in [9.17, 15) is 4.79 Å². The van der Waals surface area contributed by atoms with E-state index in [-0.39, 0.29) is 5.91 Å². The molecule has 2 heteroatoms. The van der Waals surface area contributed by atoms with Gasteiger partial charge in [0, 0.05) is 6.04 Å². The number of benzene rings is 2. The predicted octanol–water partition coefficient (Wildman–Crippen LogP) is 4.22. The zero-order chi connectivity index (χ0) is 15.6. The Morgan fingerprint density at radius 1 is 0.957 bits per heavy atom. The fourth-order valence-electron chi connectivity index (χ4n) is 3.83. The molecule has 0 N–H and O–H groups in total.